The van der Waals surface area contributed by atoms with Gasteiger partial charge in [-0.1, -0.05) is 27.7 Å². The number of methoxy groups -OCH3 is 3. The molecule has 3 aromatic rings. The van der Waals surface area contributed by atoms with E-state index in [1.165, 1.54) is 14.2 Å². The second-order valence-corrected chi connectivity index (χ2v) is 19.9. The molecular weight excluding hydrogens is 873 g/mol. The molecule has 8 rings (SSSR count). The van der Waals surface area contributed by atoms with Crippen LogP contribution >= 0.6 is 0 Å². The Labute approximate surface area is 397 Å². The largest absolute Gasteiger partial charge is 0.496 e. The molecule has 0 spiro atoms. The van der Waals surface area contributed by atoms with E-state index >= 15 is 0 Å². The SMILES string of the molecule is COCCN(CC1CCN(c2nc(C)c(C(=O)NC3C(C)(C)C(Oc4ccc(C#N)c(OC)c4)C3(C)C)c(C)n2)CC1)C1CC(Oc2cc(OC)c3c(c2)C(=O)N(C2CCC(=O)NC2=O)C3=O)C1. The summed E-state index contributed by atoms with van der Waals surface area (Å²) in [5.41, 5.74) is 1.50. The minimum atomic E-state index is -1.08. The fourth-order valence-corrected chi connectivity index (χ4v) is 11.3. The van der Waals surface area contributed by atoms with Gasteiger partial charge in [0.05, 0.1) is 54.5 Å². The van der Waals surface area contributed by atoms with Crippen molar-refractivity contribution in [3.63, 3.8) is 0 Å². The number of ether oxygens (including phenoxy) is 5. The van der Waals surface area contributed by atoms with Crippen molar-refractivity contribution in [3.8, 4) is 29.1 Å². The van der Waals surface area contributed by atoms with Gasteiger partial charge < -0.3 is 33.9 Å². The van der Waals surface area contributed by atoms with Gasteiger partial charge in [-0.3, -0.25) is 39.1 Å². The quantitative estimate of drug-likeness (QED) is 0.185. The summed E-state index contributed by atoms with van der Waals surface area (Å²) in [7, 11) is 4.64. The summed E-state index contributed by atoms with van der Waals surface area (Å²) in [6.07, 6.45) is 3.17. The number of anilines is 1. The molecule has 1 atom stereocenters. The molecule has 5 amide bonds. The lowest BCUT2D eigenvalue weighted by atomic mass is 9.49. The normalized spacial score (nSPS) is 24.1. The van der Waals surface area contributed by atoms with Crippen LogP contribution in [0, 0.1) is 41.9 Å². The van der Waals surface area contributed by atoms with Gasteiger partial charge in [-0.15, -0.1) is 0 Å². The first kappa shape index (κ1) is 48.1. The van der Waals surface area contributed by atoms with Gasteiger partial charge in [-0.2, -0.15) is 5.26 Å². The number of nitrogens with one attached hydrogen (secondary N) is 2. The summed E-state index contributed by atoms with van der Waals surface area (Å²) >= 11 is 0. The number of nitriles is 1. The first-order valence-electron chi connectivity index (χ1n) is 23.4. The second-order valence-electron chi connectivity index (χ2n) is 19.9. The van der Waals surface area contributed by atoms with Crippen LogP contribution in [-0.2, 0) is 14.3 Å². The Morgan fingerprint density at radius 1 is 0.897 bits per heavy atom. The van der Waals surface area contributed by atoms with Gasteiger partial charge in [0.2, 0.25) is 17.8 Å². The number of benzene rings is 2. The van der Waals surface area contributed by atoms with E-state index in [1.807, 2.05) is 13.8 Å². The third-order valence-corrected chi connectivity index (χ3v) is 14.7. The summed E-state index contributed by atoms with van der Waals surface area (Å²) in [4.78, 5) is 80.7. The number of piperidine rings is 2. The third kappa shape index (κ3) is 8.93. The molecule has 18 nitrogen and oxygen atoms in total. The van der Waals surface area contributed by atoms with Crippen LogP contribution in [0.1, 0.15) is 114 Å². The summed E-state index contributed by atoms with van der Waals surface area (Å²) in [5.74, 6) is 0.122. The molecule has 68 heavy (non-hydrogen) atoms. The van der Waals surface area contributed by atoms with Crippen LogP contribution in [0.25, 0.3) is 0 Å². The zero-order valence-electron chi connectivity index (χ0n) is 40.4. The number of imide groups is 2. The fraction of sp³-hybridized carbons (Fsp3) is 0.560. The highest BCUT2D eigenvalue weighted by atomic mass is 16.5. The van der Waals surface area contributed by atoms with Crippen molar-refractivity contribution in [1.29, 1.82) is 5.26 Å². The standard InChI is InChI=1S/C50H62N8O10/c1-27-40(43(61)55-46-49(3,4)47(50(46,5)6)68-32-11-10-30(25-51)37(23-32)65-8)28(2)53-48(52-27)56-16-14-29(15-17-56)26-57(18-19-64-7)31-20-33(21-31)67-34-22-35-41(38(24-34)66-9)45(63)58(44(35)62)36-12-13-39(59)54-42(36)60/h10-11,22-24,29,31,33,36,46-47H,12-21,26H2,1-9H3,(H,55,61)(H,54,59,60). The maximum Gasteiger partial charge on any atom is 0.266 e. The first-order valence-corrected chi connectivity index (χ1v) is 23.4. The van der Waals surface area contributed by atoms with Crippen LogP contribution in [0.2, 0.25) is 0 Å². The zero-order chi connectivity index (χ0) is 48.8. The van der Waals surface area contributed by atoms with Crippen molar-refractivity contribution in [2.45, 2.75) is 110 Å². The highest BCUT2D eigenvalue weighted by molar-refractivity contribution is 6.24. The number of carbonyl (C=O) groups is 5. The lowest BCUT2D eigenvalue weighted by Gasteiger charge is -2.63. The van der Waals surface area contributed by atoms with Crippen LogP contribution in [0.3, 0.4) is 0 Å². The average Bonchev–Trinajstić information content (AvgIpc) is 3.54. The molecule has 2 aromatic carbocycles. The predicted molar refractivity (Wildman–Crippen MR) is 248 cm³/mol. The van der Waals surface area contributed by atoms with Crippen LogP contribution in [0.4, 0.5) is 5.95 Å². The van der Waals surface area contributed by atoms with E-state index in [0.29, 0.717) is 58.2 Å². The van der Waals surface area contributed by atoms with Gasteiger partial charge in [0.1, 0.15) is 47.3 Å². The van der Waals surface area contributed by atoms with Gasteiger partial charge in [0.25, 0.3) is 17.7 Å². The number of aryl methyl sites for hydroxylation is 2. The Bertz CT molecular complexity index is 2500. The van der Waals surface area contributed by atoms with E-state index in [-0.39, 0.29) is 59.9 Å². The first-order chi connectivity index (χ1) is 32.4. The number of amides is 5. The van der Waals surface area contributed by atoms with E-state index in [0.717, 1.165) is 56.8 Å². The van der Waals surface area contributed by atoms with Crippen molar-refractivity contribution in [2.75, 3.05) is 59.0 Å². The Morgan fingerprint density at radius 2 is 1.56 bits per heavy atom. The van der Waals surface area contributed by atoms with Crippen LogP contribution in [0.5, 0.6) is 23.0 Å². The molecule has 18 heteroatoms. The van der Waals surface area contributed by atoms with E-state index in [9.17, 15) is 29.2 Å². The molecule has 5 aliphatic rings. The maximum atomic E-state index is 14.0. The van der Waals surface area contributed by atoms with E-state index in [1.54, 1.807) is 37.4 Å². The molecule has 0 radical (unpaired) electrons. The van der Waals surface area contributed by atoms with Crippen LogP contribution in [0.15, 0.2) is 30.3 Å². The Morgan fingerprint density at radius 3 is 2.18 bits per heavy atom. The number of aromatic nitrogens is 2. The fourth-order valence-electron chi connectivity index (χ4n) is 11.3. The predicted octanol–water partition coefficient (Wildman–Crippen LogP) is 4.77. The van der Waals surface area contributed by atoms with E-state index < -0.39 is 40.5 Å². The number of carbonyl (C=O) groups excluding carboxylic acids is 5. The van der Waals surface area contributed by atoms with Crippen molar-refractivity contribution < 1.29 is 47.7 Å². The van der Waals surface area contributed by atoms with E-state index in [4.69, 9.17) is 33.7 Å². The number of nitrogens with zero attached hydrogens (tertiary/aromatic N) is 6. The van der Waals surface area contributed by atoms with Crippen LogP contribution in [-0.4, -0.2) is 134 Å². The Kier molecular flexibility index (Phi) is 13.4. The van der Waals surface area contributed by atoms with Gasteiger partial charge in [-0.05, 0) is 57.2 Å². The Hall–Kier alpha value is -6.32. The number of hydrogen-bond donors (Lipinski definition) is 2. The van der Waals surface area contributed by atoms with Gasteiger partial charge in [0.15, 0.2) is 0 Å². The van der Waals surface area contributed by atoms with Gasteiger partial charge >= 0.3 is 0 Å². The monoisotopic (exact) mass is 934 g/mol. The van der Waals surface area contributed by atoms with Crippen molar-refractivity contribution in [3.05, 3.63) is 64.0 Å². The highest BCUT2D eigenvalue weighted by Crippen LogP contribution is 2.56. The van der Waals surface area contributed by atoms with Gasteiger partial charge in [0, 0.05) is 87.6 Å². The van der Waals surface area contributed by atoms with E-state index in [2.05, 4.69) is 54.2 Å². The Balaban J connectivity index is 0.845. The topological polar surface area (TPSA) is 215 Å². The molecule has 2 N–H and O–H groups in total. The average molecular weight is 935 g/mol. The number of rotatable bonds is 16. The molecule has 2 saturated heterocycles. The van der Waals surface area contributed by atoms with Gasteiger partial charge in [-0.25, -0.2) is 9.97 Å². The van der Waals surface area contributed by atoms with Crippen molar-refractivity contribution in [1.82, 2.24) is 30.4 Å². The van der Waals surface area contributed by atoms with Crippen molar-refractivity contribution >= 4 is 35.5 Å². The third-order valence-electron chi connectivity index (χ3n) is 14.7. The maximum absolute atomic E-state index is 14.0. The number of hydrogen-bond acceptors (Lipinski definition) is 15. The number of fused-ring (bicyclic) bond motifs is 1. The highest BCUT2D eigenvalue weighted by Gasteiger charge is 2.64. The molecule has 3 aliphatic heterocycles. The molecule has 362 valence electrons. The minimum Gasteiger partial charge on any atom is -0.496 e. The second kappa shape index (κ2) is 19.0. The zero-order valence-corrected chi connectivity index (χ0v) is 40.4. The minimum absolute atomic E-state index is 0.0320. The van der Waals surface area contributed by atoms with Crippen LogP contribution < -0.4 is 34.5 Å². The van der Waals surface area contributed by atoms with Crippen molar-refractivity contribution in [2.24, 2.45) is 16.7 Å². The summed E-state index contributed by atoms with van der Waals surface area (Å²) < 4.78 is 29.3. The molecular formula is C50H62N8O10. The summed E-state index contributed by atoms with van der Waals surface area (Å²) in [5, 5.41) is 14.9. The lowest BCUT2D eigenvalue weighted by molar-refractivity contribution is -0.164. The molecule has 2 aliphatic carbocycles. The summed E-state index contributed by atoms with van der Waals surface area (Å²) in [6.45, 7) is 15.9. The molecule has 4 heterocycles. The molecule has 0 bridgehead atoms. The molecule has 4 fully saturated rings. The molecule has 1 unspecified atom stereocenters. The summed E-state index contributed by atoms with van der Waals surface area (Å²) in [6, 6.07) is 9.45. The smallest absolute Gasteiger partial charge is 0.266 e. The molecule has 1 aromatic heterocycles. The molecule has 2 saturated carbocycles. The lowest BCUT2D eigenvalue weighted by Crippen LogP contribution is -2.74.